The highest BCUT2D eigenvalue weighted by molar-refractivity contribution is 7.89. The summed E-state index contributed by atoms with van der Waals surface area (Å²) in [4.78, 5) is 25.3. The Morgan fingerprint density at radius 2 is 1.73 bits per heavy atom. The first-order valence-corrected chi connectivity index (χ1v) is 15.1. The monoisotopic (exact) mass is 583 g/mol. The Hall–Kier alpha value is -4.10. The van der Waals surface area contributed by atoms with E-state index < -0.39 is 26.2 Å². The fourth-order valence-corrected chi connectivity index (χ4v) is 6.63. The predicted octanol–water partition coefficient (Wildman–Crippen LogP) is 0.953. The van der Waals surface area contributed by atoms with E-state index in [4.69, 9.17) is 9.32 Å². The highest BCUT2D eigenvalue weighted by Gasteiger charge is 2.33. The average molecular weight is 584 g/mol. The van der Waals surface area contributed by atoms with Crippen molar-refractivity contribution in [3.05, 3.63) is 71.0 Å². The summed E-state index contributed by atoms with van der Waals surface area (Å²) in [5.41, 5.74) is 2.13. The van der Waals surface area contributed by atoms with Gasteiger partial charge >= 0.3 is 10.3 Å². The highest BCUT2D eigenvalue weighted by atomic mass is 32.2. The van der Waals surface area contributed by atoms with Crippen LogP contribution < -0.4 is 19.1 Å². The average Bonchev–Trinajstić information content (AvgIpc) is 3.35. The normalized spacial score (nSPS) is 15.9. The largest absolute Gasteiger partial charge is 0.380 e. The summed E-state index contributed by atoms with van der Waals surface area (Å²) in [7, 11) is -8.16. The zero-order chi connectivity index (χ0) is 28.7. The van der Waals surface area contributed by atoms with Crippen molar-refractivity contribution < 1.29 is 25.8 Å². The number of benzene rings is 2. The van der Waals surface area contributed by atoms with Crippen molar-refractivity contribution in [3.63, 3.8) is 0 Å². The Morgan fingerprint density at radius 1 is 1.00 bits per heavy atom. The molecule has 0 atom stereocenters. The number of amides is 1. The number of nitriles is 1. The summed E-state index contributed by atoms with van der Waals surface area (Å²) < 4.78 is 56.0. The van der Waals surface area contributed by atoms with Gasteiger partial charge in [0.25, 0.3) is 5.91 Å². The SMILES string of the molecule is Cc1cc(C#N)nc(N2CCN(S(=O)(=O)c3ccc4c(c3)CCN4C(=O)c3ccccc3OS(N)(=O)=O)CC2)n1. The van der Waals surface area contributed by atoms with E-state index in [1.165, 1.54) is 33.5 Å². The molecule has 0 saturated carbocycles. The van der Waals surface area contributed by atoms with E-state index in [9.17, 15) is 26.9 Å². The van der Waals surface area contributed by atoms with Crippen LogP contribution in [0.4, 0.5) is 11.6 Å². The molecular weight excluding hydrogens is 558 g/mol. The minimum absolute atomic E-state index is 0.0124. The van der Waals surface area contributed by atoms with Crippen molar-refractivity contribution in [3.8, 4) is 11.8 Å². The van der Waals surface area contributed by atoms with Crippen molar-refractivity contribution in [1.29, 1.82) is 5.26 Å². The Balaban J connectivity index is 1.32. The zero-order valence-corrected chi connectivity index (χ0v) is 23.0. The van der Waals surface area contributed by atoms with Gasteiger partial charge in [0.05, 0.1) is 10.5 Å². The molecule has 1 fully saturated rings. The van der Waals surface area contributed by atoms with E-state index >= 15 is 0 Å². The predicted molar refractivity (Wildman–Crippen MR) is 144 cm³/mol. The van der Waals surface area contributed by atoms with E-state index in [0.717, 1.165) is 0 Å². The van der Waals surface area contributed by atoms with E-state index in [1.54, 1.807) is 31.2 Å². The van der Waals surface area contributed by atoms with E-state index in [-0.39, 0.29) is 41.5 Å². The van der Waals surface area contributed by atoms with Crippen LogP contribution in [0.5, 0.6) is 5.75 Å². The van der Waals surface area contributed by atoms with E-state index in [0.29, 0.717) is 42.4 Å². The standard InChI is InChI=1S/C25H25N7O6S2/c1-17-14-19(16-26)29-25(28-17)30-10-12-31(13-11-30)39(34,35)20-6-7-22-18(15-20)8-9-32(22)24(33)21-4-2-3-5-23(21)38-40(27,36)37/h2-7,14-15H,8-13H2,1H3,(H2,27,36,37). The van der Waals surface area contributed by atoms with Crippen LogP contribution in [0.1, 0.15) is 27.3 Å². The number of hydrogen-bond acceptors (Lipinski definition) is 10. The van der Waals surface area contributed by atoms with Gasteiger partial charge in [-0.3, -0.25) is 4.79 Å². The Kier molecular flexibility index (Phi) is 7.19. The quantitative estimate of drug-likeness (QED) is 0.439. The van der Waals surface area contributed by atoms with Crippen LogP contribution >= 0.6 is 0 Å². The molecule has 2 N–H and O–H groups in total. The number of hydrogen-bond donors (Lipinski definition) is 1. The molecule has 2 aliphatic heterocycles. The minimum Gasteiger partial charge on any atom is -0.370 e. The molecule has 208 valence electrons. The number of aromatic nitrogens is 2. The Morgan fingerprint density at radius 3 is 2.42 bits per heavy atom. The third-order valence-electron chi connectivity index (χ3n) is 6.63. The maximum atomic E-state index is 13.5. The molecule has 1 amide bonds. The minimum atomic E-state index is -4.34. The molecule has 40 heavy (non-hydrogen) atoms. The van der Waals surface area contributed by atoms with Crippen LogP contribution in [0.25, 0.3) is 0 Å². The molecule has 0 bridgehead atoms. The van der Waals surface area contributed by atoms with Gasteiger partial charge in [-0.15, -0.1) is 0 Å². The summed E-state index contributed by atoms with van der Waals surface area (Å²) >= 11 is 0. The van der Waals surface area contributed by atoms with Gasteiger partial charge in [0, 0.05) is 44.1 Å². The molecule has 0 aliphatic carbocycles. The van der Waals surface area contributed by atoms with E-state index in [1.807, 2.05) is 11.0 Å². The molecule has 1 saturated heterocycles. The lowest BCUT2D eigenvalue weighted by molar-refractivity contribution is 0.0988. The van der Waals surface area contributed by atoms with Gasteiger partial charge < -0.3 is 14.0 Å². The van der Waals surface area contributed by atoms with E-state index in [2.05, 4.69) is 9.97 Å². The molecule has 5 rings (SSSR count). The molecule has 15 heteroatoms. The summed E-state index contributed by atoms with van der Waals surface area (Å²) in [5.74, 6) is -0.295. The van der Waals surface area contributed by atoms with Gasteiger partial charge in [0.15, 0.2) is 5.75 Å². The smallest absolute Gasteiger partial charge is 0.370 e. The number of carbonyl (C=O) groups excluding carboxylic acids is 1. The summed E-state index contributed by atoms with van der Waals surface area (Å²) in [5, 5.41) is 14.2. The number of sulfonamides is 1. The number of nitrogens with two attached hydrogens (primary N) is 1. The third kappa shape index (κ3) is 5.47. The lowest BCUT2D eigenvalue weighted by Gasteiger charge is -2.34. The summed E-state index contributed by atoms with van der Waals surface area (Å²) in [6.07, 6.45) is 0.419. The third-order valence-corrected chi connectivity index (χ3v) is 8.94. The zero-order valence-electron chi connectivity index (χ0n) is 21.4. The number of aryl methyl sites for hydroxylation is 1. The topological polar surface area (TPSA) is 180 Å². The van der Waals surface area contributed by atoms with Crippen LogP contribution in [0.15, 0.2) is 53.4 Å². The van der Waals surface area contributed by atoms with Crippen LogP contribution in [0.3, 0.4) is 0 Å². The number of para-hydroxylation sites is 1. The molecule has 3 heterocycles. The fourth-order valence-electron chi connectivity index (χ4n) is 4.77. The van der Waals surface area contributed by atoms with Crippen molar-refractivity contribution in [2.75, 3.05) is 42.5 Å². The second-order valence-electron chi connectivity index (χ2n) is 9.27. The maximum absolute atomic E-state index is 13.5. The van der Waals surface area contributed by atoms with Crippen LogP contribution in [0.2, 0.25) is 0 Å². The number of piperazine rings is 1. The number of carbonyl (C=O) groups is 1. The fraction of sp³-hybridized carbons (Fsp3) is 0.280. The first kappa shape index (κ1) is 27.5. The first-order valence-electron chi connectivity index (χ1n) is 12.2. The molecule has 0 unspecified atom stereocenters. The molecular formula is C25H25N7O6S2. The van der Waals surface area contributed by atoms with Crippen molar-refractivity contribution in [2.24, 2.45) is 5.14 Å². The van der Waals surface area contributed by atoms with Gasteiger partial charge in [-0.05, 0) is 55.3 Å². The molecule has 2 aliphatic rings. The number of fused-ring (bicyclic) bond motifs is 1. The summed E-state index contributed by atoms with van der Waals surface area (Å²) in [6.45, 7) is 3.20. The van der Waals surface area contributed by atoms with Gasteiger partial charge in [-0.1, -0.05) is 12.1 Å². The van der Waals surface area contributed by atoms with Gasteiger partial charge in [0.1, 0.15) is 11.8 Å². The van der Waals surface area contributed by atoms with Crippen LogP contribution in [-0.4, -0.2) is 69.7 Å². The van der Waals surface area contributed by atoms with Gasteiger partial charge in [-0.2, -0.15) is 23.1 Å². The van der Waals surface area contributed by atoms with Crippen LogP contribution in [0, 0.1) is 18.3 Å². The van der Waals surface area contributed by atoms with Gasteiger partial charge in [0.2, 0.25) is 16.0 Å². The van der Waals surface area contributed by atoms with Crippen molar-refractivity contribution in [1.82, 2.24) is 14.3 Å². The molecule has 0 spiro atoms. The maximum Gasteiger partial charge on any atom is 0.380 e. The number of anilines is 2. The second kappa shape index (κ2) is 10.5. The second-order valence-corrected chi connectivity index (χ2v) is 12.4. The molecule has 13 nitrogen and oxygen atoms in total. The van der Waals surface area contributed by atoms with Crippen molar-refractivity contribution in [2.45, 2.75) is 18.2 Å². The molecule has 2 aromatic carbocycles. The Bertz CT molecular complexity index is 1750. The summed E-state index contributed by atoms with van der Waals surface area (Å²) in [6, 6.07) is 14.1. The van der Waals surface area contributed by atoms with Crippen LogP contribution in [-0.2, 0) is 26.7 Å². The van der Waals surface area contributed by atoms with Crippen molar-refractivity contribution >= 4 is 37.9 Å². The lowest BCUT2D eigenvalue weighted by atomic mass is 10.1. The first-order chi connectivity index (χ1) is 19.0. The molecule has 1 aromatic heterocycles. The number of rotatable bonds is 6. The molecule has 0 radical (unpaired) electrons. The Labute approximate surface area is 231 Å². The highest BCUT2D eigenvalue weighted by Crippen LogP contribution is 2.34. The number of nitrogens with zero attached hydrogens (tertiary/aromatic N) is 6. The lowest BCUT2D eigenvalue weighted by Crippen LogP contribution is -2.49. The molecule has 3 aromatic rings. The van der Waals surface area contributed by atoms with Gasteiger partial charge in [-0.25, -0.2) is 18.4 Å².